The first kappa shape index (κ1) is 11.3. The van der Waals surface area contributed by atoms with Crippen LogP contribution in [-0.2, 0) is 15.6 Å². The number of benzene rings is 1. The average molecular weight is 234 g/mol. The zero-order valence-corrected chi connectivity index (χ0v) is 9.40. The summed E-state index contributed by atoms with van der Waals surface area (Å²) in [5.41, 5.74) is 6.66. The normalized spacial score (nSPS) is 11.6. The van der Waals surface area contributed by atoms with Gasteiger partial charge in [0.15, 0.2) is 9.84 Å². The topological polar surface area (TPSA) is 60.2 Å². The number of sulfone groups is 1. The SMILES string of the molecule is CCS(=O)(=O)Cc1cc(Cl)ccc1N. The molecule has 0 radical (unpaired) electrons. The van der Waals surface area contributed by atoms with Crippen molar-refractivity contribution in [2.24, 2.45) is 0 Å². The van der Waals surface area contributed by atoms with Crippen molar-refractivity contribution in [2.75, 3.05) is 11.5 Å². The molecule has 1 aromatic rings. The first-order valence-corrected chi connectivity index (χ1v) is 6.39. The number of hydrogen-bond donors (Lipinski definition) is 1. The molecule has 3 nitrogen and oxygen atoms in total. The summed E-state index contributed by atoms with van der Waals surface area (Å²) in [6.45, 7) is 1.61. The number of hydrogen-bond acceptors (Lipinski definition) is 3. The van der Waals surface area contributed by atoms with Crippen LogP contribution in [0, 0.1) is 0 Å². The van der Waals surface area contributed by atoms with Crippen LogP contribution in [0.1, 0.15) is 12.5 Å². The Labute approximate surface area is 88.8 Å². The van der Waals surface area contributed by atoms with Gasteiger partial charge in [-0.2, -0.15) is 0 Å². The third kappa shape index (κ3) is 2.89. The molecule has 0 spiro atoms. The van der Waals surface area contributed by atoms with Gasteiger partial charge in [-0.25, -0.2) is 8.42 Å². The highest BCUT2D eigenvalue weighted by Crippen LogP contribution is 2.20. The molecule has 0 heterocycles. The highest BCUT2D eigenvalue weighted by molar-refractivity contribution is 7.90. The summed E-state index contributed by atoms with van der Waals surface area (Å²) in [6, 6.07) is 4.84. The number of nitrogen functional groups attached to an aromatic ring is 1. The molecule has 0 fully saturated rings. The minimum absolute atomic E-state index is 0.0457. The maximum Gasteiger partial charge on any atom is 0.154 e. The molecular weight excluding hydrogens is 222 g/mol. The fraction of sp³-hybridized carbons (Fsp3) is 0.333. The van der Waals surface area contributed by atoms with Crippen LogP contribution in [0.2, 0.25) is 5.02 Å². The largest absolute Gasteiger partial charge is 0.398 e. The first-order valence-electron chi connectivity index (χ1n) is 4.19. The molecule has 1 aromatic carbocycles. The predicted octanol–water partition coefficient (Wildman–Crippen LogP) is 1.86. The van der Waals surface area contributed by atoms with Crippen molar-refractivity contribution in [3.8, 4) is 0 Å². The lowest BCUT2D eigenvalue weighted by molar-refractivity contribution is 0.596. The summed E-state index contributed by atoms with van der Waals surface area (Å²) in [7, 11) is -3.05. The highest BCUT2D eigenvalue weighted by atomic mass is 35.5. The van der Waals surface area contributed by atoms with Gasteiger partial charge < -0.3 is 5.73 Å². The van der Waals surface area contributed by atoms with E-state index in [0.29, 0.717) is 16.3 Å². The van der Waals surface area contributed by atoms with Crippen molar-refractivity contribution >= 4 is 27.1 Å². The van der Waals surface area contributed by atoms with Gasteiger partial charge in [0.05, 0.1) is 5.75 Å². The van der Waals surface area contributed by atoms with Crippen LogP contribution in [0.5, 0.6) is 0 Å². The Balaban J connectivity index is 3.03. The summed E-state index contributed by atoms with van der Waals surface area (Å²) in [5, 5.41) is 0.500. The Kier molecular flexibility index (Phi) is 3.39. The van der Waals surface area contributed by atoms with E-state index in [0.717, 1.165) is 0 Å². The molecule has 0 aliphatic heterocycles. The number of rotatable bonds is 3. The van der Waals surface area contributed by atoms with Gasteiger partial charge in [-0.3, -0.25) is 0 Å². The summed E-state index contributed by atoms with van der Waals surface area (Å²) < 4.78 is 22.7. The summed E-state index contributed by atoms with van der Waals surface area (Å²) in [5.74, 6) is 0.0643. The molecule has 0 saturated carbocycles. The van der Waals surface area contributed by atoms with E-state index in [1.54, 1.807) is 25.1 Å². The van der Waals surface area contributed by atoms with Crippen molar-refractivity contribution in [2.45, 2.75) is 12.7 Å². The first-order chi connectivity index (χ1) is 6.44. The van der Waals surface area contributed by atoms with Gasteiger partial charge in [-0.15, -0.1) is 0 Å². The van der Waals surface area contributed by atoms with E-state index in [1.807, 2.05) is 0 Å². The van der Waals surface area contributed by atoms with Gasteiger partial charge in [-0.1, -0.05) is 18.5 Å². The maximum atomic E-state index is 11.3. The molecule has 0 aliphatic carbocycles. The lowest BCUT2D eigenvalue weighted by Gasteiger charge is -2.05. The molecule has 0 amide bonds. The number of nitrogens with two attached hydrogens (primary N) is 1. The van der Waals surface area contributed by atoms with Gasteiger partial charge >= 0.3 is 0 Å². The molecule has 0 unspecified atom stereocenters. The van der Waals surface area contributed by atoms with Crippen LogP contribution in [0.3, 0.4) is 0 Å². The molecule has 14 heavy (non-hydrogen) atoms. The Morgan fingerprint density at radius 1 is 1.43 bits per heavy atom. The molecule has 0 saturated heterocycles. The van der Waals surface area contributed by atoms with Crippen molar-refractivity contribution in [3.05, 3.63) is 28.8 Å². The summed E-state index contributed by atoms with van der Waals surface area (Å²) in [4.78, 5) is 0. The van der Waals surface area contributed by atoms with Gasteiger partial charge in [-0.05, 0) is 23.8 Å². The Bertz CT molecular complexity index is 428. The third-order valence-electron chi connectivity index (χ3n) is 1.92. The lowest BCUT2D eigenvalue weighted by atomic mass is 10.2. The standard InChI is InChI=1S/C9H12ClNO2S/c1-2-14(12,13)6-7-5-8(10)3-4-9(7)11/h3-5H,2,6,11H2,1H3. The van der Waals surface area contributed by atoms with Gasteiger partial charge in [0.25, 0.3) is 0 Å². The van der Waals surface area contributed by atoms with Gasteiger partial charge in [0.2, 0.25) is 0 Å². The molecule has 1 rings (SSSR count). The zero-order valence-electron chi connectivity index (χ0n) is 7.83. The molecule has 0 atom stereocenters. The van der Waals surface area contributed by atoms with Crippen LogP contribution in [0.4, 0.5) is 5.69 Å². The quantitative estimate of drug-likeness (QED) is 0.811. The molecule has 5 heteroatoms. The fourth-order valence-corrected chi connectivity index (χ4v) is 2.16. The molecule has 0 bridgehead atoms. The lowest BCUT2D eigenvalue weighted by Crippen LogP contribution is -2.08. The fourth-order valence-electron chi connectivity index (χ4n) is 1.04. The van der Waals surface area contributed by atoms with Crippen molar-refractivity contribution in [3.63, 3.8) is 0 Å². The van der Waals surface area contributed by atoms with Crippen LogP contribution in [0.25, 0.3) is 0 Å². The third-order valence-corrected chi connectivity index (χ3v) is 3.79. The minimum Gasteiger partial charge on any atom is -0.398 e. The molecule has 78 valence electrons. The second-order valence-electron chi connectivity index (χ2n) is 3.02. The van der Waals surface area contributed by atoms with Crippen molar-refractivity contribution in [1.29, 1.82) is 0 Å². The van der Waals surface area contributed by atoms with E-state index in [-0.39, 0.29) is 11.5 Å². The molecule has 2 N–H and O–H groups in total. The van der Waals surface area contributed by atoms with Crippen molar-refractivity contribution in [1.82, 2.24) is 0 Å². The van der Waals surface area contributed by atoms with E-state index in [2.05, 4.69) is 0 Å². The number of halogens is 1. The average Bonchev–Trinajstić information content (AvgIpc) is 2.11. The Hall–Kier alpha value is -0.740. The maximum absolute atomic E-state index is 11.3. The monoisotopic (exact) mass is 233 g/mol. The van der Waals surface area contributed by atoms with Crippen LogP contribution in [-0.4, -0.2) is 14.2 Å². The zero-order chi connectivity index (χ0) is 10.8. The van der Waals surface area contributed by atoms with E-state index < -0.39 is 9.84 Å². The van der Waals surface area contributed by atoms with Crippen LogP contribution in [0.15, 0.2) is 18.2 Å². The number of anilines is 1. The Morgan fingerprint density at radius 3 is 2.64 bits per heavy atom. The van der Waals surface area contributed by atoms with Gasteiger partial charge in [0, 0.05) is 16.5 Å². The second-order valence-corrected chi connectivity index (χ2v) is 5.81. The van der Waals surface area contributed by atoms with Crippen LogP contribution < -0.4 is 5.73 Å². The predicted molar refractivity (Wildman–Crippen MR) is 59.0 cm³/mol. The smallest absolute Gasteiger partial charge is 0.154 e. The van der Waals surface area contributed by atoms with Gasteiger partial charge in [0.1, 0.15) is 0 Å². The van der Waals surface area contributed by atoms with E-state index >= 15 is 0 Å². The minimum atomic E-state index is -3.05. The highest BCUT2D eigenvalue weighted by Gasteiger charge is 2.11. The summed E-state index contributed by atoms with van der Waals surface area (Å²) in [6.07, 6.45) is 0. The van der Waals surface area contributed by atoms with Crippen LogP contribution >= 0.6 is 11.6 Å². The van der Waals surface area contributed by atoms with E-state index in [9.17, 15) is 8.42 Å². The summed E-state index contributed by atoms with van der Waals surface area (Å²) >= 11 is 5.74. The van der Waals surface area contributed by atoms with E-state index in [4.69, 9.17) is 17.3 Å². The van der Waals surface area contributed by atoms with E-state index in [1.165, 1.54) is 0 Å². The second kappa shape index (κ2) is 4.19. The molecular formula is C9H12ClNO2S. The Morgan fingerprint density at radius 2 is 2.07 bits per heavy atom. The van der Waals surface area contributed by atoms with Crippen molar-refractivity contribution < 1.29 is 8.42 Å². The molecule has 0 aliphatic rings. The molecule has 0 aromatic heterocycles.